The third-order valence-corrected chi connectivity index (χ3v) is 8.98. The molecular formula is C32H43ClN10O4. The molecule has 15 heteroatoms. The molecule has 1 aliphatic carbocycles. The Morgan fingerprint density at radius 1 is 1.00 bits per heavy atom. The number of nitrogens with one attached hydrogen (secondary N) is 1. The van der Waals surface area contributed by atoms with Crippen LogP contribution < -0.4 is 14.8 Å². The molecular weight excluding hydrogens is 624 g/mol. The maximum atomic E-state index is 6.46. The van der Waals surface area contributed by atoms with Crippen molar-refractivity contribution < 1.29 is 18.9 Å². The number of methoxy groups -OCH3 is 1. The zero-order chi connectivity index (χ0) is 32.6. The lowest BCUT2D eigenvalue weighted by Crippen LogP contribution is -2.45. The number of morpholine rings is 1. The summed E-state index contributed by atoms with van der Waals surface area (Å²) in [4.78, 5) is 11.8. The molecule has 47 heavy (non-hydrogen) atoms. The fourth-order valence-electron chi connectivity index (χ4n) is 6.12. The summed E-state index contributed by atoms with van der Waals surface area (Å²) in [5, 5.41) is 20.0. The SMILES string of the molecule is COCC[C@H](C)Oc1nn([C@H]2CC[C@H](N3CCOCC3)CC2)cc1Nc1ncc(-c2ccc(Cl)c(O[C@@H](C)Cn3cnnn3)c2)cn1. The molecule has 2 aliphatic rings. The molecule has 1 N–H and O–H groups in total. The zero-order valence-corrected chi connectivity index (χ0v) is 27.9. The maximum Gasteiger partial charge on any atom is 0.257 e. The standard InChI is InChI=1S/C32H43ClN10O4/c1-22(10-13-44-3)47-31-29(20-43(38-31)27-7-5-26(6-8-27)41-11-14-45-15-12-41)37-32-34-17-25(18-35-32)24-4-9-28(33)30(16-24)46-23(2)19-42-21-36-39-40-42/h4,9,16-18,20-23,26-27H,5-8,10-15,19H2,1-3H3,(H,34,35,37)/t22-,23-,26-,27-/m0/s1. The second kappa shape index (κ2) is 15.8. The monoisotopic (exact) mass is 666 g/mol. The van der Waals surface area contributed by atoms with Crippen LogP contribution in [0.2, 0.25) is 5.02 Å². The lowest BCUT2D eigenvalue weighted by molar-refractivity contribution is 0.00500. The number of rotatable bonds is 14. The summed E-state index contributed by atoms with van der Waals surface area (Å²) in [5.74, 6) is 1.54. The lowest BCUT2D eigenvalue weighted by atomic mass is 9.90. The molecule has 1 saturated carbocycles. The van der Waals surface area contributed by atoms with Gasteiger partial charge in [0.15, 0.2) is 0 Å². The van der Waals surface area contributed by atoms with Gasteiger partial charge in [0.05, 0.1) is 43.1 Å². The number of anilines is 2. The van der Waals surface area contributed by atoms with Gasteiger partial charge in [-0.05, 0) is 67.7 Å². The van der Waals surface area contributed by atoms with Crippen LogP contribution >= 0.6 is 11.6 Å². The van der Waals surface area contributed by atoms with Gasteiger partial charge in [0.2, 0.25) is 5.95 Å². The number of hydrogen-bond donors (Lipinski definition) is 1. The minimum Gasteiger partial charge on any atom is -0.487 e. The number of benzene rings is 1. The van der Waals surface area contributed by atoms with Crippen molar-refractivity contribution >= 4 is 23.2 Å². The molecule has 1 aromatic carbocycles. The Morgan fingerprint density at radius 2 is 1.77 bits per heavy atom. The highest BCUT2D eigenvalue weighted by Gasteiger charge is 2.29. The molecule has 0 unspecified atom stereocenters. The van der Waals surface area contributed by atoms with Gasteiger partial charge in [-0.15, -0.1) is 10.2 Å². The van der Waals surface area contributed by atoms with Gasteiger partial charge < -0.3 is 24.3 Å². The summed E-state index contributed by atoms with van der Waals surface area (Å²) in [6, 6.07) is 6.52. The van der Waals surface area contributed by atoms with Crippen LogP contribution in [-0.2, 0) is 16.0 Å². The van der Waals surface area contributed by atoms with Crippen LogP contribution in [0.25, 0.3) is 11.1 Å². The highest BCUT2D eigenvalue weighted by Crippen LogP contribution is 2.36. The Bertz CT molecular complexity index is 1540. The average molecular weight is 667 g/mol. The van der Waals surface area contributed by atoms with Crippen molar-refractivity contribution in [2.45, 2.75) is 76.8 Å². The number of halogens is 1. The van der Waals surface area contributed by atoms with Gasteiger partial charge >= 0.3 is 0 Å². The summed E-state index contributed by atoms with van der Waals surface area (Å²) in [5.41, 5.74) is 2.43. The minimum absolute atomic E-state index is 0.0730. The fourth-order valence-corrected chi connectivity index (χ4v) is 6.28. The quantitative estimate of drug-likeness (QED) is 0.198. The molecule has 2 fully saturated rings. The largest absolute Gasteiger partial charge is 0.487 e. The fraction of sp³-hybridized carbons (Fsp3) is 0.562. The van der Waals surface area contributed by atoms with E-state index in [0.29, 0.717) is 47.8 Å². The summed E-state index contributed by atoms with van der Waals surface area (Å²) in [6.45, 7) is 8.76. The third kappa shape index (κ3) is 8.74. The topological polar surface area (TPSA) is 139 Å². The molecule has 0 radical (unpaired) electrons. The second-order valence-electron chi connectivity index (χ2n) is 12.2. The first-order valence-electron chi connectivity index (χ1n) is 16.3. The van der Waals surface area contributed by atoms with Crippen LogP contribution in [0, 0.1) is 0 Å². The van der Waals surface area contributed by atoms with Crippen molar-refractivity contribution in [3.63, 3.8) is 0 Å². The molecule has 4 aromatic rings. The van der Waals surface area contributed by atoms with Gasteiger partial charge in [-0.3, -0.25) is 9.58 Å². The van der Waals surface area contributed by atoms with Gasteiger partial charge in [-0.2, -0.15) is 0 Å². The molecule has 0 bridgehead atoms. The molecule has 4 heterocycles. The molecule has 0 amide bonds. The summed E-state index contributed by atoms with van der Waals surface area (Å²) in [6.07, 6.45) is 12.0. The maximum absolute atomic E-state index is 6.46. The Hall–Kier alpha value is -3.85. The minimum atomic E-state index is -0.205. The van der Waals surface area contributed by atoms with Gasteiger partial charge in [0, 0.05) is 57.2 Å². The van der Waals surface area contributed by atoms with Crippen LogP contribution in [0.1, 0.15) is 52.0 Å². The van der Waals surface area contributed by atoms with Crippen molar-refractivity contribution in [1.29, 1.82) is 0 Å². The normalized spacial score (nSPS) is 20.1. The zero-order valence-electron chi connectivity index (χ0n) is 27.2. The van der Waals surface area contributed by atoms with E-state index in [0.717, 1.165) is 75.2 Å². The predicted molar refractivity (Wildman–Crippen MR) is 176 cm³/mol. The van der Waals surface area contributed by atoms with Crippen LogP contribution in [0.4, 0.5) is 11.6 Å². The van der Waals surface area contributed by atoms with Crippen molar-refractivity contribution in [1.82, 2.24) is 44.9 Å². The number of ether oxygens (including phenoxy) is 4. The first-order chi connectivity index (χ1) is 22.9. The average Bonchev–Trinajstić information content (AvgIpc) is 3.75. The molecule has 6 rings (SSSR count). The molecule has 1 saturated heterocycles. The van der Waals surface area contributed by atoms with E-state index in [4.69, 9.17) is 35.6 Å². The Morgan fingerprint density at radius 3 is 2.49 bits per heavy atom. The molecule has 252 valence electrons. The van der Waals surface area contributed by atoms with E-state index in [1.807, 2.05) is 32.2 Å². The van der Waals surface area contributed by atoms with E-state index in [9.17, 15) is 0 Å². The predicted octanol–water partition coefficient (Wildman–Crippen LogP) is 4.81. The van der Waals surface area contributed by atoms with Crippen LogP contribution in [0.5, 0.6) is 11.6 Å². The van der Waals surface area contributed by atoms with Crippen LogP contribution in [0.15, 0.2) is 43.1 Å². The Labute approximate surface area is 279 Å². The van der Waals surface area contributed by atoms with E-state index >= 15 is 0 Å². The third-order valence-electron chi connectivity index (χ3n) is 8.67. The number of tetrazole rings is 1. The molecule has 3 aromatic heterocycles. The van der Waals surface area contributed by atoms with Crippen molar-refractivity contribution in [2.24, 2.45) is 0 Å². The Kier molecular flexibility index (Phi) is 11.1. The highest BCUT2D eigenvalue weighted by atomic mass is 35.5. The smallest absolute Gasteiger partial charge is 0.257 e. The molecule has 2 atom stereocenters. The van der Waals surface area contributed by atoms with Gasteiger partial charge in [-0.1, -0.05) is 17.7 Å². The number of hydrogen-bond acceptors (Lipinski definition) is 12. The Balaban J connectivity index is 1.13. The summed E-state index contributed by atoms with van der Waals surface area (Å²) >= 11 is 6.46. The van der Waals surface area contributed by atoms with E-state index in [1.54, 1.807) is 36.6 Å². The molecule has 1 aliphatic heterocycles. The summed E-state index contributed by atoms with van der Waals surface area (Å²) < 4.78 is 26.9. The number of aromatic nitrogens is 8. The second-order valence-corrected chi connectivity index (χ2v) is 12.6. The van der Waals surface area contributed by atoms with Crippen molar-refractivity contribution in [3.05, 3.63) is 48.1 Å². The molecule has 0 spiro atoms. The first-order valence-corrected chi connectivity index (χ1v) is 16.7. The van der Waals surface area contributed by atoms with E-state index in [1.165, 1.54) is 0 Å². The van der Waals surface area contributed by atoms with Gasteiger partial charge in [0.25, 0.3) is 5.88 Å². The lowest BCUT2D eigenvalue weighted by Gasteiger charge is -2.38. The van der Waals surface area contributed by atoms with E-state index in [-0.39, 0.29) is 12.2 Å². The van der Waals surface area contributed by atoms with Crippen LogP contribution in [0.3, 0.4) is 0 Å². The van der Waals surface area contributed by atoms with E-state index in [2.05, 4.69) is 40.4 Å². The van der Waals surface area contributed by atoms with Crippen molar-refractivity contribution in [2.75, 3.05) is 45.3 Å². The van der Waals surface area contributed by atoms with Gasteiger partial charge in [0.1, 0.15) is 23.9 Å². The summed E-state index contributed by atoms with van der Waals surface area (Å²) in [7, 11) is 1.69. The molecule has 14 nitrogen and oxygen atoms in total. The first kappa shape index (κ1) is 33.1. The number of nitrogens with zero attached hydrogens (tertiary/aromatic N) is 9. The highest BCUT2D eigenvalue weighted by molar-refractivity contribution is 6.32. The van der Waals surface area contributed by atoms with Crippen LogP contribution in [-0.4, -0.2) is 103 Å². The van der Waals surface area contributed by atoms with E-state index < -0.39 is 0 Å². The van der Waals surface area contributed by atoms with Gasteiger partial charge in [-0.25, -0.2) is 14.6 Å². The van der Waals surface area contributed by atoms with Crippen molar-refractivity contribution in [3.8, 4) is 22.8 Å².